The highest BCUT2D eigenvalue weighted by atomic mass is 32.2. The number of hydrogen-bond acceptors (Lipinski definition) is 5. The van der Waals surface area contributed by atoms with Crippen molar-refractivity contribution in [1.82, 2.24) is 19.3 Å². The van der Waals surface area contributed by atoms with Crippen molar-refractivity contribution in [3.05, 3.63) is 42.4 Å². The summed E-state index contributed by atoms with van der Waals surface area (Å²) in [4.78, 5) is 4.59. The molecule has 3 aromatic rings. The van der Waals surface area contributed by atoms with Crippen LogP contribution >= 0.6 is 0 Å². The van der Waals surface area contributed by atoms with E-state index in [-0.39, 0.29) is 5.75 Å². The van der Waals surface area contributed by atoms with Gasteiger partial charge in [-0.1, -0.05) is 12.1 Å². The number of benzene rings is 1. The molecule has 0 spiro atoms. The Kier molecular flexibility index (Phi) is 4.08. The molecule has 0 bridgehead atoms. The summed E-state index contributed by atoms with van der Waals surface area (Å²) in [6, 6.07) is 9.80. The second-order valence-electron chi connectivity index (χ2n) is 5.52. The number of nitrogens with zero attached hydrogens (tertiary/aromatic N) is 4. The maximum absolute atomic E-state index is 11.2. The van der Waals surface area contributed by atoms with Crippen LogP contribution in [-0.2, 0) is 30.0 Å². The molecule has 23 heavy (non-hydrogen) atoms. The molecule has 1 aromatic carbocycles. The number of fused-ring (bicyclic) bond motifs is 1. The number of aryl methyl sites for hydroxylation is 2. The molecule has 122 valence electrons. The van der Waals surface area contributed by atoms with Crippen LogP contribution in [0.15, 0.2) is 36.5 Å². The number of hydrogen-bond donors (Lipinski definition) is 1. The SMILES string of the molecule is Cn1c(CNc2ccn(CCS(C)(=O)=O)n2)nc2ccccc21. The van der Waals surface area contributed by atoms with Gasteiger partial charge >= 0.3 is 0 Å². The van der Waals surface area contributed by atoms with Crippen LogP contribution in [0.5, 0.6) is 0 Å². The molecule has 0 atom stereocenters. The monoisotopic (exact) mass is 333 g/mol. The number of sulfone groups is 1. The lowest BCUT2D eigenvalue weighted by Crippen LogP contribution is -2.12. The first-order valence-corrected chi connectivity index (χ1v) is 9.34. The van der Waals surface area contributed by atoms with Crippen LogP contribution in [0.1, 0.15) is 5.82 Å². The fourth-order valence-corrected chi connectivity index (χ4v) is 2.88. The molecule has 0 unspecified atom stereocenters. The van der Waals surface area contributed by atoms with Crippen molar-refractivity contribution in [2.45, 2.75) is 13.1 Å². The number of nitrogens with one attached hydrogen (secondary N) is 1. The smallest absolute Gasteiger partial charge is 0.149 e. The first kappa shape index (κ1) is 15.5. The standard InChI is InChI=1S/C15H19N5O2S/c1-19-13-6-4-3-5-12(13)17-15(19)11-16-14-7-8-20(18-14)9-10-23(2,21)22/h3-8H,9-11H2,1-2H3,(H,16,18). The van der Waals surface area contributed by atoms with Gasteiger partial charge in [-0.2, -0.15) is 5.10 Å². The Balaban J connectivity index is 1.66. The molecule has 1 N–H and O–H groups in total. The molecule has 0 aliphatic heterocycles. The quantitative estimate of drug-likeness (QED) is 0.738. The topological polar surface area (TPSA) is 81.8 Å². The zero-order chi connectivity index (χ0) is 16.4. The summed E-state index contributed by atoms with van der Waals surface area (Å²) in [6.45, 7) is 0.904. The number of imidazole rings is 1. The van der Waals surface area contributed by atoms with Crippen molar-refractivity contribution >= 4 is 26.7 Å². The third-order valence-corrected chi connectivity index (χ3v) is 4.56. The first-order chi connectivity index (χ1) is 10.9. The van der Waals surface area contributed by atoms with E-state index < -0.39 is 9.84 Å². The van der Waals surface area contributed by atoms with E-state index in [0.29, 0.717) is 18.9 Å². The van der Waals surface area contributed by atoms with Gasteiger partial charge in [-0.15, -0.1) is 0 Å². The van der Waals surface area contributed by atoms with E-state index in [1.807, 2.05) is 41.9 Å². The summed E-state index contributed by atoms with van der Waals surface area (Å²) in [5.41, 5.74) is 2.05. The molecule has 3 rings (SSSR count). The third kappa shape index (κ3) is 3.70. The average Bonchev–Trinajstić information content (AvgIpc) is 3.08. The molecule has 0 aliphatic carbocycles. The number of para-hydroxylation sites is 2. The van der Waals surface area contributed by atoms with Gasteiger partial charge < -0.3 is 9.88 Å². The van der Waals surface area contributed by atoms with Crippen LogP contribution in [0.4, 0.5) is 5.82 Å². The molecule has 7 nitrogen and oxygen atoms in total. The fraction of sp³-hybridized carbons (Fsp3) is 0.333. The van der Waals surface area contributed by atoms with Crippen molar-refractivity contribution in [3.8, 4) is 0 Å². The lowest BCUT2D eigenvalue weighted by molar-refractivity contribution is 0.586. The van der Waals surface area contributed by atoms with Gasteiger partial charge in [0.15, 0.2) is 0 Å². The predicted octanol–water partition coefficient (Wildman–Crippen LogP) is 1.43. The molecular weight excluding hydrogens is 314 g/mol. The summed E-state index contributed by atoms with van der Waals surface area (Å²) in [7, 11) is -1.00. The summed E-state index contributed by atoms with van der Waals surface area (Å²) in [5, 5.41) is 7.53. The van der Waals surface area contributed by atoms with Gasteiger partial charge in [0.2, 0.25) is 0 Å². The summed E-state index contributed by atoms with van der Waals surface area (Å²) in [5.74, 6) is 1.70. The van der Waals surface area contributed by atoms with Crippen molar-refractivity contribution in [3.63, 3.8) is 0 Å². The van der Waals surface area contributed by atoms with Crippen LogP contribution in [-0.4, -0.2) is 39.8 Å². The van der Waals surface area contributed by atoms with Crippen LogP contribution in [0.2, 0.25) is 0 Å². The van der Waals surface area contributed by atoms with E-state index in [1.54, 1.807) is 10.9 Å². The maximum Gasteiger partial charge on any atom is 0.149 e. The van der Waals surface area contributed by atoms with Crippen LogP contribution < -0.4 is 5.32 Å². The average molecular weight is 333 g/mol. The molecular formula is C15H19N5O2S. The normalized spacial score (nSPS) is 11.9. The molecule has 0 aliphatic rings. The zero-order valence-electron chi connectivity index (χ0n) is 13.1. The lowest BCUT2D eigenvalue weighted by atomic mass is 10.3. The van der Waals surface area contributed by atoms with Gasteiger partial charge in [0.25, 0.3) is 0 Å². The van der Waals surface area contributed by atoms with Crippen LogP contribution in [0.3, 0.4) is 0 Å². The Bertz CT molecular complexity index is 926. The van der Waals surface area contributed by atoms with E-state index in [0.717, 1.165) is 16.9 Å². The second-order valence-corrected chi connectivity index (χ2v) is 7.78. The molecule has 0 saturated carbocycles. The molecule has 2 aromatic heterocycles. The van der Waals surface area contributed by atoms with E-state index in [4.69, 9.17) is 0 Å². The van der Waals surface area contributed by atoms with E-state index in [1.165, 1.54) is 6.26 Å². The van der Waals surface area contributed by atoms with Gasteiger partial charge in [-0.3, -0.25) is 4.68 Å². The highest BCUT2D eigenvalue weighted by Gasteiger charge is 2.08. The minimum atomic E-state index is -2.98. The van der Waals surface area contributed by atoms with Gasteiger partial charge in [-0.25, -0.2) is 13.4 Å². The Labute approximate surface area is 134 Å². The van der Waals surface area contributed by atoms with Gasteiger partial charge in [0.05, 0.1) is 29.9 Å². The first-order valence-electron chi connectivity index (χ1n) is 7.28. The number of rotatable bonds is 6. The summed E-state index contributed by atoms with van der Waals surface area (Å²) >= 11 is 0. The fourth-order valence-electron chi connectivity index (χ4n) is 2.36. The van der Waals surface area contributed by atoms with Crippen molar-refractivity contribution in [1.29, 1.82) is 0 Å². The highest BCUT2D eigenvalue weighted by Crippen LogP contribution is 2.15. The summed E-state index contributed by atoms with van der Waals surface area (Å²) in [6.07, 6.45) is 2.99. The van der Waals surface area contributed by atoms with Gasteiger partial charge in [0.1, 0.15) is 21.5 Å². The Hall–Kier alpha value is -2.35. The van der Waals surface area contributed by atoms with Crippen molar-refractivity contribution in [2.75, 3.05) is 17.3 Å². The molecule has 0 fully saturated rings. The molecule has 0 radical (unpaired) electrons. The van der Waals surface area contributed by atoms with Crippen molar-refractivity contribution < 1.29 is 8.42 Å². The van der Waals surface area contributed by atoms with Crippen molar-refractivity contribution in [2.24, 2.45) is 7.05 Å². The van der Waals surface area contributed by atoms with Crippen LogP contribution in [0.25, 0.3) is 11.0 Å². The Morgan fingerprint density at radius 2 is 2.00 bits per heavy atom. The van der Waals surface area contributed by atoms with Gasteiger partial charge in [-0.05, 0) is 12.1 Å². The van der Waals surface area contributed by atoms with Crippen LogP contribution in [0, 0.1) is 0 Å². The molecule has 8 heteroatoms. The van der Waals surface area contributed by atoms with Gasteiger partial charge in [0, 0.05) is 25.6 Å². The highest BCUT2D eigenvalue weighted by molar-refractivity contribution is 7.90. The Morgan fingerprint density at radius 3 is 2.74 bits per heavy atom. The lowest BCUT2D eigenvalue weighted by Gasteiger charge is -2.04. The minimum absolute atomic E-state index is 0.0822. The predicted molar refractivity (Wildman–Crippen MR) is 90.0 cm³/mol. The number of anilines is 1. The Morgan fingerprint density at radius 1 is 1.22 bits per heavy atom. The molecule has 0 saturated heterocycles. The molecule has 0 amide bonds. The zero-order valence-corrected chi connectivity index (χ0v) is 13.9. The molecule has 2 heterocycles. The summed E-state index contributed by atoms with van der Waals surface area (Å²) < 4.78 is 26.0. The second kappa shape index (κ2) is 6.04. The largest absolute Gasteiger partial charge is 0.361 e. The van der Waals surface area contributed by atoms with E-state index in [9.17, 15) is 8.42 Å². The third-order valence-electron chi connectivity index (χ3n) is 3.64. The minimum Gasteiger partial charge on any atom is -0.361 e. The number of aromatic nitrogens is 4. The van der Waals surface area contributed by atoms with E-state index in [2.05, 4.69) is 15.4 Å². The van der Waals surface area contributed by atoms with E-state index >= 15 is 0 Å². The maximum atomic E-state index is 11.2.